The maximum atomic E-state index is 11.6. The quantitative estimate of drug-likeness (QED) is 0.666. The van der Waals surface area contributed by atoms with Gasteiger partial charge in [-0.15, -0.1) is 6.58 Å². The highest BCUT2D eigenvalue weighted by molar-refractivity contribution is 9.10. The van der Waals surface area contributed by atoms with E-state index in [0.29, 0.717) is 6.54 Å². The van der Waals surface area contributed by atoms with Crippen molar-refractivity contribution < 1.29 is 9.53 Å². The Morgan fingerprint density at radius 2 is 2.31 bits per heavy atom. The molecule has 0 aliphatic rings. The summed E-state index contributed by atoms with van der Waals surface area (Å²) in [5, 5.41) is 3.05. The van der Waals surface area contributed by atoms with Crippen LogP contribution in [0.15, 0.2) is 41.4 Å². The van der Waals surface area contributed by atoms with E-state index in [4.69, 9.17) is 4.74 Å². The molecule has 0 aliphatic heterocycles. The molecule has 0 amide bonds. The Morgan fingerprint density at radius 3 is 2.88 bits per heavy atom. The predicted octanol–water partition coefficient (Wildman–Crippen LogP) is 2.44. The van der Waals surface area contributed by atoms with Crippen LogP contribution in [0.4, 0.5) is 0 Å². The average Bonchev–Trinajstić information content (AvgIpc) is 2.31. The van der Waals surface area contributed by atoms with E-state index >= 15 is 0 Å². The molecule has 1 aromatic rings. The Labute approximate surface area is 104 Å². The van der Waals surface area contributed by atoms with Crippen molar-refractivity contribution in [3.05, 3.63) is 47.0 Å². The first-order chi connectivity index (χ1) is 7.70. The molecule has 86 valence electrons. The molecule has 16 heavy (non-hydrogen) atoms. The summed E-state index contributed by atoms with van der Waals surface area (Å²) in [7, 11) is 1.38. The third-order valence-corrected chi connectivity index (χ3v) is 2.84. The summed E-state index contributed by atoms with van der Waals surface area (Å²) in [4.78, 5) is 11.6. The number of hydrogen-bond donors (Lipinski definition) is 1. The molecule has 1 N–H and O–H groups in total. The highest BCUT2D eigenvalue weighted by atomic mass is 79.9. The van der Waals surface area contributed by atoms with Gasteiger partial charge in [0.05, 0.1) is 7.11 Å². The van der Waals surface area contributed by atoms with E-state index in [1.54, 1.807) is 6.08 Å². The van der Waals surface area contributed by atoms with Gasteiger partial charge < -0.3 is 4.74 Å². The lowest BCUT2D eigenvalue weighted by Gasteiger charge is -2.17. The van der Waals surface area contributed by atoms with Crippen molar-refractivity contribution in [1.29, 1.82) is 0 Å². The maximum Gasteiger partial charge on any atom is 0.327 e. The van der Waals surface area contributed by atoms with Gasteiger partial charge in [-0.2, -0.15) is 0 Å². The fraction of sp³-hybridized carbons (Fsp3) is 0.250. The van der Waals surface area contributed by atoms with Gasteiger partial charge in [0.1, 0.15) is 6.04 Å². The van der Waals surface area contributed by atoms with Crippen LogP contribution in [0.5, 0.6) is 0 Å². The molecular formula is C12H14BrNO2. The topological polar surface area (TPSA) is 38.3 Å². The summed E-state index contributed by atoms with van der Waals surface area (Å²) in [6.45, 7) is 4.15. The van der Waals surface area contributed by atoms with Crippen LogP contribution in [-0.2, 0) is 9.53 Å². The molecule has 0 heterocycles. The number of esters is 1. The van der Waals surface area contributed by atoms with Crippen molar-refractivity contribution in [2.75, 3.05) is 13.7 Å². The molecule has 3 nitrogen and oxygen atoms in total. The lowest BCUT2D eigenvalue weighted by atomic mass is 10.1. The van der Waals surface area contributed by atoms with E-state index in [0.717, 1.165) is 10.0 Å². The SMILES string of the molecule is C=CCNC(C(=O)OC)c1ccccc1Br. The van der Waals surface area contributed by atoms with Gasteiger partial charge in [-0.1, -0.05) is 40.2 Å². The smallest absolute Gasteiger partial charge is 0.327 e. The van der Waals surface area contributed by atoms with Gasteiger partial charge in [-0.25, -0.2) is 4.79 Å². The van der Waals surface area contributed by atoms with Gasteiger partial charge in [0.25, 0.3) is 0 Å². The molecule has 0 aliphatic carbocycles. The van der Waals surface area contributed by atoms with Gasteiger partial charge in [0.15, 0.2) is 0 Å². The van der Waals surface area contributed by atoms with Gasteiger partial charge in [0.2, 0.25) is 0 Å². The standard InChI is InChI=1S/C12H14BrNO2/c1-3-8-14-11(12(15)16-2)9-6-4-5-7-10(9)13/h3-7,11,14H,1,8H2,2H3. The molecule has 0 spiro atoms. The highest BCUT2D eigenvalue weighted by Gasteiger charge is 2.21. The van der Waals surface area contributed by atoms with E-state index in [1.165, 1.54) is 7.11 Å². The number of carbonyl (C=O) groups is 1. The van der Waals surface area contributed by atoms with E-state index in [9.17, 15) is 4.79 Å². The first kappa shape index (κ1) is 12.9. The third kappa shape index (κ3) is 3.18. The zero-order valence-electron chi connectivity index (χ0n) is 9.07. The van der Waals surface area contributed by atoms with E-state index in [1.807, 2.05) is 24.3 Å². The molecule has 4 heteroatoms. The van der Waals surface area contributed by atoms with Crippen LogP contribution in [0, 0.1) is 0 Å². The summed E-state index contributed by atoms with van der Waals surface area (Å²) in [6.07, 6.45) is 1.70. The zero-order valence-corrected chi connectivity index (χ0v) is 10.7. The first-order valence-electron chi connectivity index (χ1n) is 4.87. The third-order valence-electron chi connectivity index (χ3n) is 2.12. The van der Waals surface area contributed by atoms with Crippen molar-refractivity contribution in [1.82, 2.24) is 5.32 Å². The summed E-state index contributed by atoms with van der Waals surface area (Å²) in [5.41, 5.74) is 0.858. The van der Waals surface area contributed by atoms with Crippen LogP contribution in [0.2, 0.25) is 0 Å². The number of nitrogens with one attached hydrogen (secondary N) is 1. The van der Waals surface area contributed by atoms with Crippen LogP contribution < -0.4 is 5.32 Å². The van der Waals surface area contributed by atoms with E-state index < -0.39 is 6.04 Å². The monoisotopic (exact) mass is 283 g/mol. The fourth-order valence-electron chi connectivity index (χ4n) is 1.35. The van der Waals surface area contributed by atoms with Crippen LogP contribution in [-0.4, -0.2) is 19.6 Å². The maximum absolute atomic E-state index is 11.6. The highest BCUT2D eigenvalue weighted by Crippen LogP contribution is 2.23. The van der Waals surface area contributed by atoms with Crippen LogP contribution in [0.1, 0.15) is 11.6 Å². The zero-order chi connectivity index (χ0) is 12.0. The van der Waals surface area contributed by atoms with Crippen LogP contribution >= 0.6 is 15.9 Å². The number of halogens is 1. The Hall–Kier alpha value is -1.13. The second kappa shape index (κ2) is 6.45. The minimum atomic E-state index is -0.474. The Bertz CT molecular complexity index is 379. The minimum Gasteiger partial charge on any atom is -0.468 e. The largest absolute Gasteiger partial charge is 0.468 e. The van der Waals surface area contributed by atoms with Crippen molar-refractivity contribution in [3.63, 3.8) is 0 Å². The van der Waals surface area contributed by atoms with E-state index in [2.05, 4.69) is 27.8 Å². The van der Waals surface area contributed by atoms with E-state index in [-0.39, 0.29) is 5.97 Å². The van der Waals surface area contributed by atoms with Crippen molar-refractivity contribution in [2.24, 2.45) is 0 Å². The molecule has 1 rings (SSSR count). The number of methoxy groups -OCH3 is 1. The molecular weight excluding hydrogens is 270 g/mol. The normalized spacial score (nSPS) is 11.9. The number of rotatable bonds is 5. The molecule has 0 saturated heterocycles. The number of ether oxygens (including phenoxy) is 1. The fourth-order valence-corrected chi connectivity index (χ4v) is 1.86. The minimum absolute atomic E-state index is 0.311. The molecule has 0 saturated carbocycles. The molecule has 1 aromatic carbocycles. The Kier molecular flexibility index (Phi) is 5.22. The second-order valence-electron chi connectivity index (χ2n) is 3.17. The first-order valence-corrected chi connectivity index (χ1v) is 5.66. The molecule has 0 aromatic heterocycles. The van der Waals surface area contributed by atoms with Gasteiger partial charge in [-0.3, -0.25) is 5.32 Å². The summed E-state index contributed by atoms with van der Waals surface area (Å²) < 4.78 is 5.64. The number of carbonyl (C=O) groups excluding carboxylic acids is 1. The summed E-state index contributed by atoms with van der Waals surface area (Å²) in [6, 6.07) is 7.07. The lowest BCUT2D eigenvalue weighted by Crippen LogP contribution is -2.30. The molecule has 1 atom stereocenters. The molecule has 0 fully saturated rings. The summed E-state index contributed by atoms with van der Waals surface area (Å²) >= 11 is 3.41. The summed E-state index contributed by atoms with van der Waals surface area (Å²) in [5.74, 6) is -0.311. The van der Waals surface area contributed by atoms with Crippen molar-refractivity contribution in [3.8, 4) is 0 Å². The van der Waals surface area contributed by atoms with Crippen molar-refractivity contribution >= 4 is 21.9 Å². The van der Waals surface area contributed by atoms with Gasteiger partial charge in [-0.05, 0) is 11.6 Å². The van der Waals surface area contributed by atoms with Gasteiger partial charge >= 0.3 is 5.97 Å². The second-order valence-corrected chi connectivity index (χ2v) is 4.03. The van der Waals surface area contributed by atoms with Crippen molar-refractivity contribution in [2.45, 2.75) is 6.04 Å². The van der Waals surface area contributed by atoms with Gasteiger partial charge in [0, 0.05) is 11.0 Å². The lowest BCUT2D eigenvalue weighted by molar-refractivity contribution is -0.143. The van der Waals surface area contributed by atoms with Crippen LogP contribution in [0.25, 0.3) is 0 Å². The number of hydrogen-bond acceptors (Lipinski definition) is 3. The Balaban J connectivity index is 2.96. The predicted molar refractivity (Wildman–Crippen MR) is 67.1 cm³/mol. The molecule has 0 bridgehead atoms. The Morgan fingerprint density at radius 1 is 1.62 bits per heavy atom. The molecule has 0 radical (unpaired) electrons. The number of benzene rings is 1. The average molecular weight is 284 g/mol. The molecule has 1 unspecified atom stereocenters. The van der Waals surface area contributed by atoms with Crippen LogP contribution in [0.3, 0.4) is 0 Å².